The summed E-state index contributed by atoms with van der Waals surface area (Å²) in [4.78, 5) is 13.2. The fraction of sp³-hybridized carbons (Fsp3) is 0.278. The minimum atomic E-state index is -3.54. The first-order valence-corrected chi connectivity index (χ1v) is 10.7. The van der Waals surface area contributed by atoms with Gasteiger partial charge in [-0.05, 0) is 56.5 Å². The quantitative estimate of drug-likeness (QED) is 0.672. The second-order valence-electron chi connectivity index (χ2n) is 5.78. The molecule has 0 aliphatic rings. The second kappa shape index (κ2) is 9.07. The van der Waals surface area contributed by atoms with Crippen molar-refractivity contribution in [3.05, 3.63) is 48.5 Å². The molecule has 2 rings (SSSR count). The van der Waals surface area contributed by atoms with E-state index in [4.69, 9.17) is 4.74 Å². The van der Waals surface area contributed by atoms with Crippen LogP contribution < -0.4 is 14.8 Å². The lowest BCUT2D eigenvalue weighted by atomic mass is 10.3. The summed E-state index contributed by atoms with van der Waals surface area (Å²) in [5.41, 5.74) is 0.731. The van der Waals surface area contributed by atoms with Crippen molar-refractivity contribution in [2.24, 2.45) is 0 Å². The lowest BCUT2D eigenvalue weighted by Crippen LogP contribution is -2.30. The van der Waals surface area contributed by atoms with E-state index in [1.54, 1.807) is 25.6 Å². The molecule has 1 amide bonds. The first-order chi connectivity index (χ1) is 12.3. The van der Waals surface area contributed by atoms with Crippen molar-refractivity contribution in [1.29, 1.82) is 0 Å². The Balaban J connectivity index is 1.94. The van der Waals surface area contributed by atoms with Gasteiger partial charge in [-0.25, -0.2) is 13.1 Å². The number of carbonyl (C=O) groups is 1. The number of hydrogen-bond acceptors (Lipinski definition) is 5. The summed E-state index contributed by atoms with van der Waals surface area (Å²) >= 11 is 1.54. The fourth-order valence-electron chi connectivity index (χ4n) is 2.18. The maximum atomic E-state index is 12.1. The van der Waals surface area contributed by atoms with Crippen LogP contribution in [0.3, 0.4) is 0 Å². The van der Waals surface area contributed by atoms with Crippen LogP contribution in [0.2, 0.25) is 0 Å². The first-order valence-electron chi connectivity index (χ1n) is 8.00. The third-order valence-electron chi connectivity index (χ3n) is 3.28. The zero-order valence-electron chi connectivity index (χ0n) is 14.9. The highest BCUT2D eigenvalue weighted by molar-refractivity contribution is 7.98. The number of thioether (sulfide) groups is 1. The van der Waals surface area contributed by atoms with E-state index in [1.807, 2.05) is 30.5 Å². The Morgan fingerprint density at radius 1 is 1.12 bits per heavy atom. The van der Waals surface area contributed by atoms with E-state index in [1.165, 1.54) is 24.3 Å². The average Bonchev–Trinajstić information content (AvgIpc) is 2.60. The van der Waals surface area contributed by atoms with Gasteiger partial charge in [0.15, 0.2) is 6.61 Å². The number of carbonyl (C=O) groups excluding carboxylic acids is 1. The Kier molecular flexibility index (Phi) is 7.07. The van der Waals surface area contributed by atoms with E-state index >= 15 is 0 Å². The third kappa shape index (κ3) is 5.76. The Labute approximate surface area is 158 Å². The van der Waals surface area contributed by atoms with Crippen molar-refractivity contribution in [2.75, 3.05) is 18.2 Å². The molecule has 2 aromatic carbocycles. The molecule has 0 aliphatic carbocycles. The molecular weight excluding hydrogens is 372 g/mol. The van der Waals surface area contributed by atoms with Gasteiger partial charge < -0.3 is 10.1 Å². The molecule has 0 atom stereocenters. The summed E-state index contributed by atoms with van der Waals surface area (Å²) in [5.74, 6) is 0.131. The molecule has 8 heteroatoms. The van der Waals surface area contributed by atoms with E-state index < -0.39 is 10.0 Å². The smallest absolute Gasteiger partial charge is 0.262 e. The van der Waals surface area contributed by atoms with Gasteiger partial charge in [0.2, 0.25) is 10.0 Å². The van der Waals surface area contributed by atoms with Crippen molar-refractivity contribution in [3.63, 3.8) is 0 Å². The maximum Gasteiger partial charge on any atom is 0.262 e. The highest BCUT2D eigenvalue weighted by Gasteiger charge is 2.15. The molecular formula is C18H22N2O4S2. The van der Waals surface area contributed by atoms with Crippen LogP contribution in [0.25, 0.3) is 0 Å². The highest BCUT2D eigenvalue weighted by atomic mass is 32.2. The highest BCUT2D eigenvalue weighted by Crippen LogP contribution is 2.24. The summed E-state index contributed by atoms with van der Waals surface area (Å²) in [6.07, 6.45) is 1.94. The molecule has 0 spiro atoms. The van der Waals surface area contributed by atoms with Crippen molar-refractivity contribution < 1.29 is 17.9 Å². The zero-order valence-corrected chi connectivity index (χ0v) is 16.5. The van der Waals surface area contributed by atoms with E-state index in [0.29, 0.717) is 5.75 Å². The van der Waals surface area contributed by atoms with E-state index in [9.17, 15) is 13.2 Å². The van der Waals surface area contributed by atoms with Crippen molar-refractivity contribution in [2.45, 2.75) is 29.7 Å². The van der Waals surface area contributed by atoms with Crippen LogP contribution in [0.1, 0.15) is 13.8 Å². The largest absolute Gasteiger partial charge is 0.484 e. The summed E-state index contributed by atoms with van der Waals surface area (Å²) in [7, 11) is -3.54. The molecule has 26 heavy (non-hydrogen) atoms. The SMILES string of the molecule is CSc1ccccc1NC(=O)COc1ccc(S(=O)(=O)NC(C)C)cc1. The molecule has 0 saturated heterocycles. The molecule has 0 aromatic heterocycles. The topological polar surface area (TPSA) is 84.5 Å². The van der Waals surface area contributed by atoms with Crippen molar-refractivity contribution in [3.8, 4) is 5.75 Å². The van der Waals surface area contributed by atoms with E-state index in [2.05, 4.69) is 10.0 Å². The molecule has 0 fully saturated rings. The van der Waals surface area contributed by atoms with Crippen LogP contribution in [0, 0.1) is 0 Å². The normalized spacial score (nSPS) is 11.4. The van der Waals surface area contributed by atoms with Crippen molar-refractivity contribution >= 4 is 33.4 Å². The Morgan fingerprint density at radius 2 is 1.77 bits per heavy atom. The van der Waals surface area contributed by atoms with Crippen LogP contribution in [-0.4, -0.2) is 33.2 Å². The first kappa shape index (κ1) is 20.3. The lowest BCUT2D eigenvalue weighted by Gasteiger charge is -2.11. The number of sulfonamides is 1. The van der Waals surface area contributed by atoms with Gasteiger partial charge in [0.1, 0.15) is 5.75 Å². The Hall–Kier alpha value is -2.03. The number of rotatable bonds is 8. The Bertz CT molecular complexity index is 850. The fourth-order valence-corrected chi connectivity index (χ4v) is 3.98. The van der Waals surface area contributed by atoms with E-state index in [-0.39, 0.29) is 23.5 Å². The summed E-state index contributed by atoms with van der Waals surface area (Å²) < 4.78 is 32.1. The van der Waals surface area contributed by atoms with Gasteiger partial charge in [-0.2, -0.15) is 0 Å². The lowest BCUT2D eigenvalue weighted by molar-refractivity contribution is -0.118. The number of hydrogen-bond donors (Lipinski definition) is 2. The van der Waals surface area contributed by atoms with Crippen LogP contribution in [-0.2, 0) is 14.8 Å². The predicted octanol–water partition coefficient (Wildman–Crippen LogP) is 3.11. The molecule has 140 valence electrons. The standard InChI is InChI=1S/C18H22N2O4S2/c1-13(2)20-26(22,23)15-10-8-14(9-11-15)24-12-18(21)19-16-6-4-5-7-17(16)25-3/h4-11,13,20H,12H2,1-3H3,(H,19,21). The van der Waals surface area contributed by atoms with Crippen LogP contribution in [0.15, 0.2) is 58.3 Å². The second-order valence-corrected chi connectivity index (χ2v) is 8.35. The van der Waals surface area contributed by atoms with Gasteiger partial charge in [-0.1, -0.05) is 12.1 Å². The van der Waals surface area contributed by atoms with Crippen LogP contribution >= 0.6 is 11.8 Å². The van der Waals surface area contributed by atoms with Gasteiger partial charge in [0.25, 0.3) is 5.91 Å². The van der Waals surface area contributed by atoms with E-state index in [0.717, 1.165) is 10.6 Å². The molecule has 6 nitrogen and oxygen atoms in total. The van der Waals surface area contributed by atoms with Gasteiger partial charge in [0.05, 0.1) is 10.6 Å². The summed E-state index contributed by atoms with van der Waals surface area (Å²) in [6, 6.07) is 13.3. The minimum Gasteiger partial charge on any atom is -0.484 e. The Morgan fingerprint density at radius 3 is 2.38 bits per heavy atom. The molecule has 0 radical (unpaired) electrons. The number of anilines is 1. The third-order valence-corrected chi connectivity index (χ3v) is 5.75. The molecule has 0 bridgehead atoms. The summed E-state index contributed by atoms with van der Waals surface area (Å²) in [6.45, 7) is 3.34. The number of para-hydroxylation sites is 1. The molecule has 2 N–H and O–H groups in total. The predicted molar refractivity (Wildman–Crippen MR) is 104 cm³/mol. The molecule has 0 heterocycles. The van der Waals surface area contributed by atoms with Crippen LogP contribution in [0.5, 0.6) is 5.75 Å². The van der Waals surface area contributed by atoms with Crippen LogP contribution in [0.4, 0.5) is 5.69 Å². The van der Waals surface area contributed by atoms with Gasteiger partial charge in [-0.15, -0.1) is 11.8 Å². The summed E-state index contributed by atoms with van der Waals surface area (Å²) in [5, 5.41) is 2.80. The zero-order chi connectivity index (χ0) is 19.2. The number of benzene rings is 2. The molecule has 2 aromatic rings. The molecule has 0 aliphatic heterocycles. The van der Waals surface area contributed by atoms with Gasteiger partial charge in [0, 0.05) is 10.9 Å². The minimum absolute atomic E-state index is 0.150. The average molecular weight is 395 g/mol. The van der Waals surface area contributed by atoms with Crippen molar-refractivity contribution in [1.82, 2.24) is 4.72 Å². The number of nitrogens with one attached hydrogen (secondary N) is 2. The molecule has 0 unspecified atom stereocenters. The number of amides is 1. The molecule has 0 saturated carbocycles. The van der Waals surface area contributed by atoms with Gasteiger partial charge >= 0.3 is 0 Å². The maximum absolute atomic E-state index is 12.1. The monoisotopic (exact) mass is 394 g/mol. The number of ether oxygens (including phenoxy) is 1. The van der Waals surface area contributed by atoms with Gasteiger partial charge in [-0.3, -0.25) is 4.79 Å².